The molecule has 4 unspecified atom stereocenters. The molecule has 0 amide bonds. The number of aliphatic hydroxyl groups is 1. The van der Waals surface area contributed by atoms with Crippen LogP contribution in [-0.2, 0) is 11.1 Å². The van der Waals surface area contributed by atoms with E-state index in [0.717, 1.165) is 18.2 Å². The van der Waals surface area contributed by atoms with Crippen molar-refractivity contribution in [3.05, 3.63) is 39.7 Å². The summed E-state index contributed by atoms with van der Waals surface area (Å²) in [6, 6.07) is 3.03. The van der Waals surface area contributed by atoms with Crippen molar-refractivity contribution in [3.63, 3.8) is 0 Å². The summed E-state index contributed by atoms with van der Waals surface area (Å²) in [6.45, 7) is 5.17. The minimum atomic E-state index is -2.39. The van der Waals surface area contributed by atoms with Crippen molar-refractivity contribution in [3.8, 4) is 0 Å². The zero-order valence-corrected chi connectivity index (χ0v) is 13.4. The van der Waals surface area contributed by atoms with Gasteiger partial charge >= 0.3 is 0 Å². The molecule has 0 bridgehead atoms. The van der Waals surface area contributed by atoms with E-state index in [2.05, 4.69) is 0 Å². The number of nitro groups is 1. The second-order valence-corrected chi connectivity index (χ2v) is 6.79. The minimum absolute atomic E-state index is 0.0515. The fourth-order valence-electron chi connectivity index (χ4n) is 2.43. The molecule has 6 nitrogen and oxygen atoms in total. The summed E-state index contributed by atoms with van der Waals surface area (Å²) >= 11 is -2.39. The molecular weight excluding hydrogens is 313 g/mol. The molecule has 0 aliphatic rings. The minimum Gasteiger partial charge on any atom is -0.392 e. The zero-order valence-electron chi connectivity index (χ0n) is 12.6. The predicted octanol–water partition coefficient (Wildman–Crippen LogP) is 2.83. The van der Waals surface area contributed by atoms with Gasteiger partial charge < -0.3 is 9.66 Å². The molecule has 2 N–H and O–H groups in total. The van der Waals surface area contributed by atoms with Gasteiger partial charge in [0.1, 0.15) is 5.82 Å². The topological polar surface area (TPSA) is 101 Å². The van der Waals surface area contributed by atoms with E-state index >= 15 is 0 Å². The maximum Gasteiger partial charge on any atom is 0.269 e. The van der Waals surface area contributed by atoms with Crippen molar-refractivity contribution in [2.75, 3.05) is 0 Å². The second-order valence-electron chi connectivity index (χ2n) is 5.69. The lowest BCUT2D eigenvalue weighted by Gasteiger charge is -2.27. The molecule has 1 aromatic carbocycles. The molecule has 8 heteroatoms. The normalized spacial score (nSPS) is 17.0. The van der Waals surface area contributed by atoms with E-state index in [4.69, 9.17) is 0 Å². The molecule has 1 rings (SSSR count). The van der Waals surface area contributed by atoms with Gasteiger partial charge in [0, 0.05) is 18.1 Å². The second kappa shape index (κ2) is 7.75. The molecule has 0 radical (unpaired) electrons. The molecule has 0 aliphatic heterocycles. The Balaban J connectivity index is 3.19. The Hall–Kier alpha value is -1.38. The third-order valence-electron chi connectivity index (χ3n) is 3.50. The first kappa shape index (κ1) is 18.7. The van der Waals surface area contributed by atoms with Gasteiger partial charge in [-0.05, 0) is 24.0 Å². The first-order chi connectivity index (χ1) is 10.1. The molecule has 0 spiro atoms. The number of nitrogens with zero attached hydrogens (tertiary/aromatic N) is 1. The summed E-state index contributed by atoms with van der Waals surface area (Å²) in [5.41, 5.74) is -0.353. The summed E-state index contributed by atoms with van der Waals surface area (Å²) in [6.07, 6.45) is -0.836. The molecule has 0 aliphatic carbocycles. The number of hydrogen-bond donors (Lipinski definition) is 2. The van der Waals surface area contributed by atoms with Crippen LogP contribution in [0.1, 0.15) is 38.7 Å². The summed E-state index contributed by atoms with van der Waals surface area (Å²) in [7, 11) is 0. The molecular formula is C14H20FNO5S. The molecule has 4 atom stereocenters. The van der Waals surface area contributed by atoms with Gasteiger partial charge in [-0.25, -0.2) is 8.60 Å². The van der Waals surface area contributed by atoms with Crippen LogP contribution in [0.15, 0.2) is 18.2 Å². The van der Waals surface area contributed by atoms with Crippen LogP contribution in [0.25, 0.3) is 0 Å². The number of non-ortho nitro benzene ring substituents is 1. The number of halogens is 1. The van der Waals surface area contributed by atoms with Gasteiger partial charge in [-0.2, -0.15) is 0 Å². The van der Waals surface area contributed by atoms with E-state index in [1.807, 2.05) is 13.8 Å². The van der Waals surface area contributed by atoms with Gasteiger partial charge in [0.15, 0.2) is 11.1 Å². The third-order valence-corrected chi connectivity index (χ3v) is 4.69. The fourth-order valence-corrected chi connectivity index (χ4v) is 3.31. The lowest BCUT2D eigenvalue weighted by molar-refractivity contribution is -0.385. The van der Waals surface area contributed by atoms with E-state index in [1.165, 1.54) is 6.92 Å². The Morgan fingerprint density at radius 2 is 1.95 bits per heavy atom. The standard InChI is InChI=1S/C14H20FNO5S/c1-8(2)6-13(17)14(22(20)21)9(3)11-7-10(16(18)19)4-5-12(11)15/h4-5,7-9,13-14,17H,6H2,1-3H3,(H,20,21). The van der Waals surface area contributed by atoms with Crippen LogP contribution in [0, 0.1) is 21.8 Å². The molecule has 0 saturated heterocycles. The third kappa shape index (κ3) is 4.56. The highest BCUT2D eigenvalue weighted by molar-refractivity contribution is 7.80. The van der Waals surface area contributed by atoms with E-state index in [0.29, 0.717) is 0 Å². The molecule has 0 heterocycles. The van der Waals surface area contributed by atoms with Crippen molar-refractivity contribution < 1.29 is 23.2 Å². The highest BCUT2D eigenvalue weighted by Gasteiger charge is 2.34. The molecule has 0 saturated carbocycles. The molecule has 124 valence electrons. The number of aliphatic hydroxyl groups excluding tert-OH is 1. The maximum absolute atomic E-state index is 13.9. The van der Waals surface area contributed by atoms with Crippen LogP contribution in [0.5, 0.6) is 0 Å². The Kier molecular flexibility index (Phi) is 6.58. The Labute approximate surface area is 130 Å². The summed E-state index contributed by atoms with van der Waals surface area (Å²) in [5, 5.41) is 19.8. The van der Waals surface area contributed by atoms with Crippen LogP contribution in [-0.4, -0.2) is 30.1 Å². The predicted molar refractivity (Wildman–Crippen MR) is 81.5 cm³/mol. The van der Waals surface area contributed by atoms with Crippen molar-refractivity contribution >= 4 is 16.8 Å². The maximum atomic E-state index is 13.9. The van der Waals surface area contributed by atoms with Crippen LogP contribution in [0.4, 0.5) is 10.1 Å². The van der Waals surface area contributed by atoms with E-state index in [1.54, 1.807) is 0 Å². The van der Waals surface area contributed by atoms with Crippen LogP contribution < -0.4 is 0 Å². The first-order valence-electron chi connectivity index (χ1n) is 6.86. The zero-order chi connectivity index (χ0) is 17.0. The lowest BCUT2D eigenvalue weighted by Crippen LogP contribution is -2.36. The van der Waals surface area contributed by atoms with Crippen molar-refractivity contribution in [1.82, 2.24) is 0 Å². The number of hydrogen-bond acceptors (Lipinski definition) is 4. The number of rotatable bonds is 7. The molecule has 22 heavy (non-hydrogen) atoms. The Morgan fingerprint density at radius 1 is 1.36 bits per heavy atom. The summed E-state index contributed by atoms with van der Waals surface area (Å²) < 4.78 is 35.0. The quantitative estimate of drug-likeness (QED) is 0.454. The van der Waals surface area contributed by atoms with Gasteiger partial charge in [-0.1, -0.05) is 20.8 Å². The Morgan fingerprint density at radius 3 is 2.41 bits per heavy atom. The van der Waals surface area contributed by atoms with Crippen molar-refractivity contribution in [2.45, 2.75) is 44.5 Å². The highest BCUT2D eigenvalue weighted by atomic mass is 32.2. The van der Waals surface area contributed by atoms with Gasteiger partial charge in [-0.3, -0.25) is 10.1 Å². The monoisotopic (exact) mass is 333 g/mol. The van der Waals surface area contributed by atoms with Gasteiger partial charge in [0.2, 0.25) is 0 Å². The average Bonchev–Trinajstić information content (AvgIpc) is 2.37. The summed E-state index contributed by atoms with van der Waals surface area (Å²) in [5.74, 6) is -1.46. The molecule has 0 fully saturated rings. The van der Waals surface area contributed by atoms with Crippen molar-refractivity contribution in [2.24, 2.45) is 5.92 Å². The van der Waals surface area contributed by atoms with E-state index < -0.39 is 39.1 Å². The first-order valence-corrected chi connectivity index (χ1v) is 8.03. The van der Waals surface area contributed by atoms with Gasteiger partial charge in [0.25, 0.3) is 5.69 Å². The Bertz CT molecular complexity index is 566. The lowest BCUT2D eigenvalue weighted by atomic mass is 9.90. The summed E-state index contributed by atoms with van der Waals surface area (Å²) in [4.78, 5) is 10.1. The van der Waals surface area contributed by atoms with Gasteiger partial charge in [0.05, 0.1) is 16.3 Å². The van der Waals surface area contributed by atoms with Crippen LogP contribution in [0.2, 0.25) is 0 Å². The number of nitro benzene ring substituents is 1. The number of benzene rings is 1. The van der Waals surface area contributed by atoms with E-state index in [-0.39, 0.29) is 23.6 Å². The van der Waals surface area contributed by atoms with Crippen LogP contribution >= 0.6 is 0 Å². The molecule has 1 aromatic rings. The largest absolute Gasteiger partial charge is 0.392 e. The SMILES string of the molecule is CC(C)CC(O)C(C(C)c1cc([N+](=O)[O-])ccc1F)S(=O)O. The fraction of sp³-hybridized carbons (Fsp3) is 0.571. The van der Waals surface area contributed by atoms with E-state index in [9.17, 15) is 28.4 Å². The van der Waals surface area contributed by atoms with Crippen molar-refractivity contribution in [1.29, 1.82) is 0 Å². The molecule has 0 aromatic heterocycles. The smallest absolute Gasteiger partial charge is 0.269 e. The highest BCUT2D eigenvalue weighted by Crippen LogP contribution is 2.31. The average molecular weight is 333 g/mol. The van der Waals surface area contributed by atoms with Gasteiger partial charge in [-0.15, -0.1) is 0 Å². The van der Waals surface area contributed by atoms with Crippen LogP contribution in [0.3, 0.4) is 0 Å².